The van der Waals surface area contributed by atoms with Gasteiger partial charge in [0.25, 0.3) is 0 Å². The molecule has 0 fully saturated rings. The van der Waals surface area contributed by atoms with Crippen molar-refractivity contribution >= 4 is 23.6 Å². The smallest absolute Gasteiger partial charge is 0.326 e. The van der Waals surface area contributed by atoms with Crippen LogP contribution in [0.15, 0.2) is 18.2 Å². The molecule has 20 heavy (non-hydrogen) atoms. The summed E-state index contributed by atoms with van der Waals surface area (Å²) in [5, 5.41) is 12.6. The molecule has 5 N–H and O–H groups in total. The predicted octanol–water partition coefficient (Wildman–Crippen LogP) is 0.415. The molecule has 0 spiro atoms. The van der Waals surface area contributed by atoms with Gasteiger partial charge < -0.3 is 21.5 Å². The zero-order valence-corrected chi connectivity index (χ0v) is 10.0. The Morgan fingerprint density at radius 3 is 2.50 bits per heavy atom. The Labute approximate surface area is 111 Å². The fraction of sp³-hybridized carbons (Fsp3) is 0.182. The molecule has 7 nitrogen and oxygen atoms in total. The molecule has 0 bridgehead atoms. The lowest BCUT2D eigenvalue weighted by molar-refractivity contribution is -0.140. The zero-order chi connectivity index (χ0) is 15.3. The van der Waals surface area contributed by atoms with Crippen LogP contribution in [0.5, 0.6) is 0 Å². The van der Waals surface area contributed by atoms with Gasteiger partial charge in [0.2, 0.25) is 5.91 Å². The number of primary amides is 1. The Bertz CT molecular complexity index is 550. The standard InChI is InChI=1S/C11H11F2N3O4/c12-5-1-2-6(13)7(3-5)15-11(20)16-8(10(18)19)4-9(14)17/h1-3,8H,4H2,(H2,14,17)(H,18,19)(H2,15,16,20). The molecule has 3 amide bonds. The first kappa shape index (κ1) is 15.3. The summed E-state index contributed by atoms with van der Waals surface area (Å²) in [7, 11) is 0. The second kappa shape index (κ2) is 6.45. The molecular formula is C11H11F2N3O4. The number of carboxylic acids is 1. The highest BCUT2D eigenvalue weighted by Gasteiger charge is 2.22. The van der Waals surface area contributed by atoms with Crippen LogP contribution >= 0.6 is 0 Å². The third-order valence-electron chi connectivity index (χ3n) is 2.19. The minimum atomic E-state index is -1.57. The van der Waals surface area contributed by atoms with Crippen LogP contribution in [0.2, 0.25) is 0 Å². The molecule has 0 aliphatic carbocycles. The Kier molecular flexibility index (Phi) is 4.95. The fourth-order valence-electron chi connectivity index (χ4n) is 1.31. The molecule has 1 atom stereocenters. The van der Waals surface area contributed by atoms with Crippen molar-refractivity contribution in [3.8, 4) is 0 Å². The minimum absolute atomic E-state index is 0.467. The van der Waals surface area contributed by atoms with Gasteiger partial charge in [0.1, 0.15) is 17.7 Å². The average molecular weight is 287 g/mol. The predicted molar refractivity (Wildman–Crippen MR) is 63.7 cm³/mol. The summed E-state index contributed by atoms with van der Waals surface area (Å²) in [4.78, 5) is 32.8. The molecule has 0 radical (unpaired) electrons. The third kappa shape index (κ3) is 4.52. The van der Waals surface area contributed by atoms with Crippen molar-refractivity contribution < 1.29 is 28.3 Å². The van der Waals surface area contributed by atoms with E-state index in [-0.39, 0.29) is 0 Å². The van der Waals surface area contributed by atoms with E-state index in [1.165, 1.54) is 0 Å². The lowest BCUT2D eigenvalue weighted by atomic mass is 10.2. The maximum absolute atomic E-state index is 13.2. The van der Waals surface area contributed by atoms with Gasteiger partial charge in [0, 0.05) is 6.07 Å². The number of amides is 3. The molecule has 1 aromatic carbocycles. The average Bonchev–Trinajstić information content (AvgIpc) is 2.32. The summed E-state index contributed by atoms with van der Waals surface area (Å²) in [6, 6.07) is -0.305. The highest BCUT2D eigenvalue weighted by Crippen LogP contribution is 2.14. The van der Waals surface area contributed by atoms with Crippen molar-refractivity contribution in [3.63, 3.8) is 0 Å². The Hall–Kier alpha value is -2.71. The molecule has 1 aromatic rings. The van der Waals surface area contributed by atoms with Crippen molar-refractivity contribution in [1.82, 2.24) is 5.32 Å². The first-order valence-electron chi connectivity index (χ1n) is 5.33. The lowest BCUT2D eigenvalue weighted by Gasteiger charge is -2.14. The molecule has 0 aliphatic heterocycles. The van der Waals surface area contributed by atoms with Crippen molar-refractivity contribution in [2.75, 3.05) is 5.32 Å². The van der Waals surface area contributed by atoms with Gasteiger partial charge >= 0.3 is 12.0 Å². The summed E-state index contributed by atoms with van der Waals surface area (Å²) < 4.78 is 26.1. The molecule has 9 heteroatoms. The molecule has 108 valence electrons. The van der Waals surface area contributed by atoms with Crippen LogP contribution in [0.25, 0.3) is 0 Å². The molecule has 1 rings (SSSR count). The number of benzene rings is 1. The summed E-state index contributed by atoms with van der Waals surface area (Å²) in [5.41, 5.74) is 4.35. The molecule has 0 aliphatic rings. The van der Waals surface area contributed by atoms with Crippen LogP contribution in [0.4, 0.5) is 19.3 Å². The van der Waals surface area contributed by atoms with E-state index >= 15 is 0 Å². The van der Waals surface area contributed by atoms with Crippen molar-refractivity contribution in [2.24, 2.45) is 5.73 Å². The number of nitrogens with one attached hydrogen (secondary N) is 2. The fourth-order valence-corrected chi connectivity index (χ4v) is 1.31. The Balaban J connectivity index is 2.72. The van der Waals surface area contributed by atoms with Crippen LogP contribution < -0.4 is 16.4 Å². The second-order valence-corrected chi connectivity index (χ2v) is 3.78. The topological polar surface area (TPSA) is 122 Å². The number of carbonyl (C=O) groups is 3. The molecule has 0 saturated carbocycles. The highest BCUT2D eigenvalue weighted by atomic mass is 19.1. The van der Waals surface area contributed by atoms with E-state index in [1.54, 1.807) is 0 Å². The van der Waals surface area contributed by atoms with E-state index in [4.69, 9.17) is 10.8 Å². The van der Waals surface area contributed by atoms with Gasteiger partial charge in [0.05, 0.1) is 12.1 Å². The van der Waals surface area contributed by atoms with Gasteiger partial charge in [0.15, 0.2) is 0 Å². The van der Waals surface area contributed by atoms with Gasteiger partial charge in [-0.1, -0.05) is 0 Å². The number of urea groups is 1. The van der Waals surface area contributed by atoms with Gasteiger partial charge in [-0.25, -0.2) is 18.4 Å². The van der Waals surface area contributed by atoms with E-state index in [1.807, 2.05) is 10.6 Å². The first-order valence-corrected chi connectivity index (χ1v) is 5.33. The van der Waals surface area contributed by atoms with Gasteiger partial charge in [-0.3, -0.25) is 4.79 Å². The molecule has 0 heterocycles. The quantitative estimate of drug-likeness (QED) is 0.626. The number of nitrogens with two attached hydrogens (primary N) is 1. The number of carboxylic acid groups (broad SMARTS) is 1. The third-order valence-corrected chi connectivity index (χ3v) is 2.19. The summed E-state index contributed by atoms with van der Waals surface area (Å²) in [6.45, 7) is 0. The van der Waals surface area contributed by atoms with E-state index in [2.05, 4.69) is 0 Å². The number of halogens is 2. The zero-order valence-electron chi connectivity index (χ0n) is 10.0. The first-order chi connectivity index (χ1) is 9.29. The minimum Gasteiger partial charge on any atom is -0.480 e. The maximum Gasteiger partial charge on any atom is 0.326 e. The number of carbonyl (C=O) groups excluding carboxylic acids is 2. The number of hydrogen-bond donors (Lipinski definition) is 4. The van der Waals surface area contributed by atoms with E-state index < -0.39 is 47.7 Å². The van der Waals surface area contributed by atoms with E-state index in [0.717, 1.165) is 18.2 Å². The van der Waals surface area contributed by atoms with Crippen LogP contribution in [-0.2, 0) is 9.59 Å². The second-order valence-electron chi connectivity index (χ2n) is 3.78. The van der Waals surface area contributed by atoms with Crippen LogP contribution in [0.3, 0.4) is 0 Å². The van der Waals surface area contributed by atoms with Gasteiger partial charge in [-0.05, 0) is 12.1 Å². The van der Waals surface area contributed by atoms with Crippen LogP contribution in [0, 0.1) is 11.6 Å². The molecule has 0 saturated heterocycles. The van der Waals surface area contributed by atoms with Crippen molar-refractivity contribution in [2.45, 2.75) is 12.5 Å². The van der Waals surface area contributed by atoms with Crippen molar-refractivity contribution in [3.05, 3.63) is 29.8 Å². The molecule has 1 unspecified atom stereocenters. The molecule has 0 aromatic heterocycles. The highest BCUT2D eigenvalue weighted by molar-refractivity contribution is 5.93. The maximum atomic E-state index is 13.2. The van der Waals surface area contributed by atoms with Gasteiger partial charge in [-0.2, -0.15) is 0 Å². The number of rotatable bonds is 5. The van der Waals surface area contributed by atoms with E-state index in [9.17, 15) is 23.2 Å². The van der Waals surface area contributed by atoms with Crippen LogP contribution in [0.1, 0.15) is 6.42 Å². The Morgan fingerprint density at radius 1 is 1.30 bits per heavy atom. The largest absolute Gasteiger partial charge is 0.480 e. The number of aliphatic carboxylic acids is 1. The summed E-state index contributed by atoms with van der Waals surface area (Å²) in [6.07, 6.45) is -0.631. The normalized spacial score (nSPS) is 11.5. The Morgan fingerprint density at radius 2 is 1.95 bits per heavy atom. The summed E-state index contributed by atoms with van der Waals surface area (Å²) >= 11 is 0. The van der Waals surface area contributed by atoms with Gasteiger partial charge in [-0.15, -0.1) is 0 Å². The summed E-state index contributed by atoms with van der Waals surface area (Å²) in [5.74, 6) is -4.11. The monoisotopic (exact) mass is 287 g/mol. The van der Waals surface area contributed by atoms with E-state index in [0.29, 0.717) is 0 Å². The SMILES string of the molecule is NC(=O)CC(NC(=O)Nc1cc(F)ccc1F)C(=O)O. The number of anilines is 1. The number of hydrogen-bond acceptors (Lipinski definition) is 3. The lowest BCUT2D eigenvalue weighted by Crippen LogP contribution is -2.45. The molecular weight excluding hydrogens is 276 g/mol. The van der Waals surface area contributed by atoms with Crippen LogP contribution in [-0.4, -0.2) is 29.1 Å². The van der Waals surface area contributed by atoms with Crippen molar-refractivity contribution in [1.29, 1.82) is 0 Å².